The van der Waals surface area contributed by atoms with E-state index in [1.54, 1.807) is 6.33 Å². The second-order valence-corrected chi connectivity index (χ2v) is 6.51. The minimum atomic E-state index is 0.694. The lowest BCUT2D eigenvalue weighted by molar-refractivity contribution is 0.228. The van der Waals surface area contributed by atoms with Gasteiger partial charge >= 0.3 is 0 Å². The zero-order chi connectivity index (χ0) is 17.4. The highest BCUT2D eigenvalue weighted by Crippen LogP contribution is 2.22. The number of piperazine rings is 1. The minimum Gasteiger partial charge on any atom is -0.439 e. The number of nitrogens with zero attached hydrogens (tertiary/aromatic N) is 5. The van der Waals surface area contributed by atoms with Gasteiger partial charge in [-0.15, -0.1) is 0 Å². The maximum Gasteiger partial charge on any atom is 0.209 e. The first-order chi connectivity index (χ1) is 12.1. The van der Waals surface area contributed by atoms with Crippen LogP contribution in [0.4, 0.5) is 11.5 Å². The topological polar surface area (TPSA) is 84.3 Å². The lowest BCUT2D eigenvalue weighted by Crippen LogP contribution is -2.46. The fourth-order valence-electron chi connectivity index (χ4n) is 3.21. The maximum atomic E-state index is 5.83. The Morgan fingerprint density at radius 2 is 1.92 bits per heavy atom. The van der Waals surface area contributed by atoms with E-state index in [1.807, 2.05) is 25.1 Å². The number of benzene rings is 1. The third kappa shape index (κ3) is 3.15. The number of fused-ring (bicyclic) bond motifs is 1. The van der Waals surface area contributed by atoms with Crippen molar-refractivity contribution in [1.82, 2.24) is 19.9 Å². The van der Waals surface area contributed by atoms with Crippen molar-refractivity contribution < 1.29 is 4.42 Å². The highest BCUT2D eigenvalue weighted by molar-refractivity contribution is 5.76. The smallest absolute Gasteiger partial charge is 0.209 e. The van der Waals surface area contributed by atoms with Gasteiger partial charge in [-0.3, -0.25) is 4.90 Å². The van der Waals surface area contributed by atoms with E-state index in [-0.39, 0.29) is 0 Å². The molecule has 1 saturated heterocycles. The molecule has 0 bridgehead atoms. The van der Waals surface area contributed by atoms with Gasteiger partial charge in [0.15, 0.2) is 5.58 Å². The normalized spacial score (nSPS) is 15.8. The summed E-state index contributed by atoms with van der Waals surface area (Å²) in [4.78, 5) is 18.0. The van der Waals surface area contributed by atoms with E-state index in [1.165, 1.54) is 0 Å². The Morgan fingerprint density at radius 1 is 1.12 bits per heavy atom. The predicted molar refractivity (Wildman–Crippen MR) is 97.4 cm³/mol. The summed E-state index contributed by atoms with van der Waals surface area (Å²) in [5.74, 6) is 1.78. The van der Waals surface area contributed by atoms with Crippen molar-refractivity contribution in [3.8, 4) is 0 Å². The molecule has 1 fully saturated rings. The average Bonchev–Trinajstić information content (AvgIpc) is 2.99. The fourth-order valence-corrected chi connectivity index (χ4v) is 3.21. The summed E-state index contributed by atoms with van der Waals surface area (Å²) in [7, 11) is 0. The third-order valence-corrected chi connectivity index (χ3v) is 4.80. The van der Waals surface area contributed by atoms with Gasteiger partial charge in [-0.1, -0.05) is 0 Å². The summed E-state index contributed by atoms with van der Waals surface area (Å²) in [5, 5.41) is 0. The van der Waals surface area contributed by atoms with E-state index >= 15 is 0 Å². The maximum absolute atomic E-state index is 5.83. The van der Waals surface area contributed by atoms with Gasteiger partial charge in [0, 0.05) is 49.2 Å². The summed E-state index contributed by atoms with van der Waals surface area (Å²) >= 11 is 0. The number of anilines is 2. The zero-order valence-electron chi connectivity index (χ0n) is 14.6. The second kappa shape index (κ2) is 6.33. The average molecular weight is 338 g/mol. The molecule has 130 valence electrons. The van der Waals surface area contributed by atoms with Crippen LogP contribution in [0.15, 0.2) is 28.9 Å². The molecule has 0 spiro atoms. The number of hydrogen-bond donors (Lipinski definition) is 1. The zero-order valence-corrected chi connectivity index (χ0v) is 14.6. The van der Waals surface area contributed by atoms with Crippen LogP contribution in [-0.4, -0.2) is 46.0 Å². The molecular formula is C18H22N6O. The van der Waals surface area contributed by atoms with Gasteiger partial charge in [-0.05, 0) is 26.0 Å². The van der Waals surface area contributed by atoms with Crippen LogP contribution < -0.4 is 10.6 Å². The van der Waals surface area contributed by atoms with Crippen LogP contribution in [0.5, 0.6) is 0 Å². The molecule has 1 aromatic carbocycles. The molecule has 2 aromatic heterocycles. The number of nitrogen functional groups attached to an aromatic ring is 1. The molecule has 1 aliphatic heterocycles. The van der Waals surface area contributed by atoms with Crippen LogP contribution in [0.2, 0.25) is 0 Å². The molecule has 0 aliphatic carbocycles. The molecular weight excluding hydrogens is 316 g/mol. The van der Waals surface area contributed by atoms with Crippen LogP contribution in [0.3, 0.4) is 0 Å². The standard InChI is InChI=1S/C18H22N6O/c1-12-13(2)20-11-21-18(12)24-7-5-23(6-8-24)10-17-22-15-4-3-14(19)9-16(15)25-17/h3-4,9,11H,5-8,10,19H2,1-2H3. The first kappa shape index (κ1) is 15.8. The number of hydrogen-bond acceptors (Lipinski definition) is 7. The van der Waals surface area contributed by atoms with Crippen LogP contribution in [0, 0.1) is 13.8 Å². The van der Waals surface area contributed by atoms with Crippen molar-refractivity contribution in [2.75, 3.05) is 36.8 Å². The summed E-state index contributed by atoms with van der Waals surface area (Å²) in [6, 6.07) is 5.57. The fraction of sp³-hybridized carbons (Fsp3) is 0.389. The van der Waals surface area contributed by atoms with E-state index in [2.05, 4.69) is 31.7 Å². The minimum absolute atomic E-state index is 0.694. The van der Waals surface area contributed by atoms with Crippen molar-refractivity contribution in [2.45, 2.75) is 20.4 Å². The number of aryl methyl sites for hydroxylation is 1. The van der Waals surface area contributed by atoms with E-state index < -0.39 is 0 Å². The largest absolute Gasteiger partial charge is 0.439 e. The number of nitrogens with two attached hydrogens (primary N) is 1. The molecule has 0 amide bonds. The van der Waals surface area contributed by atoms with E-state index in [9.17, 15) is 0 Å². The quantitative estimate of drug-likeness (QED) is 0.732. The number of oxazole rings is 1. The molecule has 7 heteroatoms. The Hall–Kier alpha value is -2.67. The number of aromatic nitrogens is 3. The van der Waals surface area contributed by atoms with Gasteiger partial charge in [-0.25, -0.2) is 15.0 Å². The molecule has 25 heavy (non-hydrogen) atoms. The third-order valence-electron chi connectivity index (χ3n) is 4.80. The first-order valence-corrected chi connectivity index (χ1v) is 8.50. The lowest BCUT2D eigenvalue weighted by Gasteiger charge is -2.35. The molecule has 2 N–H and O–H groups in total. The molecule has 4 rings (SSSR count). The Morgan fingerprint density at radius 3 is 2.72 bits per heavy atom. The van der Waals surface area contributed by atoms with Crippen molar-refractivity contribution in [3.63, 3.8) is 0 Å². The Bertz CT molecular complexity index is 898. The Labute approximate surface area is 146 Å². The highest BCUT2D eigenvalue weighted by Gasteiger charge is 2.21. The first-order valence-electron chi connectivity index (χ1n) is 8.50. The molecule has 0 unspecified atom stereocenters. The van der Waals surface area contributed by atoms with Crippen LogP contribution in [0.25, 0.3) is 11.1 Å². The van der Waals surface area contributed by atoms with Gasteiger partial charge in [0.1, 0.15) is 17.7 Å². The van der Waals surface area contributed by atoms with Crippen LogP contribution >= 0.6 is 0 Å². The van der Waals surface area contributed by atoms with E-state index in [0.29, 0.717) is 12.2 Å². The summed E-state index contributed by atoms with van der Waals surface area (Å²) in [6.07, 6.45) is 1.65. The van der Waals surface area contributed by atoms with Gasteiger partial charge in [0.2, 0.25) is 5.89 Å². The van der Waals surface area contributed by atoms with Gasteiger partial charge in [0.05, 0.1) is 6.54 Å². The van der Waals surface area contributed by atoms with E-state index in [0.717, 1.165) is 60.2 Å². The molecule has 0 atom stereocenters. The second-order valence-electron chi connectivity index (χ2n) is 6.51. The van der Waals surface area contributed by atoms with Crippen LogP contribution in [-0.2, 0) is 6.54 Å². The van der Waals surface area contributed by atoms with E-state index in [4.69, 9.17) is 10.2 Å². The monoisotopic (exact) mass is 338 g/mol. The van der Waals surface area contributed by atoms with Gasteiger partial charge in [0.25, 0.3) is 0 Å². The van der Waals surface area contributed by atoms with Crippen molar-refractivity contribution in [1.29, 1.82) is 0 Å². The Kier molecular flexibility index (Phi) is 4.01. The van der Waals surface area contributed by atoms with Gasteiger partial charge in [-0.2, -0.15) is 0 Å². The van der Waals surface area contributed by atoms with Crippen LogP contribution in [0.1, 0.15) is 17.1 Å². The van der Waals surface area contributed by atoms with Crippen molar-refractivity contribution in [3.05, 3.63) is 41.7 Å². The predicted octanol–water partition coefficient (Wildman–Crippen LogP) is 2.14. The van der Waals surface area contributed by atoms with Gasteiger partial charge < -0.3 is 15.1 Å². The summed E-state index contributed by atoms with van der Waals surface area (Å²) in [5.41, 5.74) is 10.3. The molecule has 0 radical (unpaired) electrons. The summed E-state index contributed by atoms with van der Waals surface area (Å²) < 4.78 is 5.83. The molecule has 1 aliphatic rings. The SMILES string of the molecule is Cc1ncnc(N2CCN(Cc3nc4ccc(N)cc4o3)CC2)c1C. The molecule has 0 saturated carbocycles. The number of rotatable bonds is 3. The summed E-state index contributed by atoms with van der Waals surface area (Å²) in [6.45, 7) is 8.59. The highest BCUT2D eigenvalue weighted by atomic mass is 16.3. The molecule has 7 nitrogen and oxygen atoms in total. The molecule has 3 aromatic rings. The lowest BCUT2D eigenvalue weighted by atomic mass is 10.2. The Balaban J connectivity index is 1.42. The molecule has 3 heterocycles. The van der Waals surface area contributed by atoms with Crippen molar-refractivity contribution in [2.24, 2.45) is 0 Å². The van der Waals surface area contributed by atoms with Crippen molar-refractivity contribution >= 4 is 22.6 Å².